The monoisotopic (exact) mass is 221 g/mol. The first-order valence-corrected chi connectivity index (χ1v) is 9.74. The molecule has 0 aliphatic carbocycles. The highest BCUT2D eigenvalue weighted by atomic mass is 32.8. The van der Waals surface area contributed by atoms with Gasteiger partial charge in [0.1, 0.15) is 0 Å². The molecule has 0 spiro atoms. The standard InChI is InChI=1S/C10H24NPS/c1-10(2,3)11-6-8-12(9-7-11)13(4)5/h13H,6-9H2,1-5H3. The van der Waals surface area contributed by atoms with Crippen molar-refractivity contribution in [2.75, 3.05) is 37.9 Å². The Labute approximate surface area is 87.1 Å². The van der Waals surface area contributed by atoms with Crippen LogP contribution in [0.25, 0.3) is 0 Å². The Balaban J connectivity index is 2.39. The van der Waals surface area contributed by atoms with Crippen molar-refractivity contribution in [1.82, 2.24) is 4.90 Å². The summed E-state index contributed by atoms with van der Waals surface area (Å²) in [5, 5.41) is 0. The maximum atomic E-state index is 2.64. The van der Waals surface area contributed by atoms with Crippen LogP contribution in [0.1, 0.15) is 20.8 Å². The summed E-state index contributed by atoms with van der Waals surface area (Å²) < 4.78 is 0. The zero-order valence-electron chi connectivity index (χ0n) is 9.67. The van der Waals surface area contributed by atoms with Crippen molar-refractivity contribution in [3.63, 3.8) is 0 Å². The fourth-order valence-electron chi connectivity index (χ4n) is 1.77. The van der Waals surface area contributed by atoms with Crippen LogP contribution in [0.15, 0.2) is 0 Å². The van der Waals surface area contributed by atoms with Gasteiger partial charge in [-0.2, -0.15) is 0 Å². The minimum atomic E-state index is 0.365. The molecule has 0 amide bonds. The van der Waals surface area contributed by atoms with E-state index in [1.54, 1.807) is 0 Å². The van der Waals surface area contributed by atoms with E-state index in [-0.39, 0.29) is 0 Å². The molecule has 0 aromatic heterocycles. The summed E-state index contributed by atoms with van der Waals surface area (Å²) in [6, 6.07) is 0. The summed E-state index contributed by atoms with van der Waals surface area (Å²) in [4.78, 5) is 2.64. The molecule has 13 heavy (non-hydrogen) atoms. The summed E-state index contributed by atoms with van der Waals surface area (Å²) in [7, 11) is 0.783. The van der Waals surface area contributed by atoms with Crippen LogP contribution in [0.3, 0.4) is 0 Å². The number of nitrogens with zero attached hydrogens (tertiary/aromatic N) is 1. The van der Waals surface area contributed by atoms with Crippen LogP contribution in [0.2, 0.25) is 0 Å². The van der Waals surface area contributed by atoms with Gasteiger partial charge in [-0.15, -0.1) is 0 Å². The number of hydrogen-bond donors (Lipinski definition) is 1. The third-order valence-corrected chi connectivity index (χ3v) is 9.93. The average molecular weight is 221 g/mol. The van der Waals surface area contributed by atoms with Crippen LogP contribution in [-0.4, -0.2) is 48.4 Å². The zero-order chi connectivity index (χ0) is 10.1. The first-order chi connectivity index (χ1) is 5.91. The minimum absolute atomic E-state index is 0.365. The zero-order valence-corrected chi connectivity index (χ0v) is 11.5. The van der Waals surface area contributed by atoms with Crippen molar-refractivity contribution in [3.05, 3.63) is 0 Å². The van der Waals surface area contributed by atoms with E-state index in [1.165, 1.54) is 25.4 Å². The van der Waals surface area contributed by atoms with E-state index >= 15 is 0 Å². The molecule has 1 nitrogen and oxygen atoms in total. The Bertz CT molecular complexity index is 157. The van der Waals surface area contributed by atoms with Gasteiger partial charge in [-0.1, -0.05) is 7.12 Å². The highest BCUT2D eigenvalue weighted by molar-refractivity contribution is 8.65. The second-order valence-electron chi connectivity index (χ2n) is 4.96. The third kappa shape index (κ3) is 3.42. The van der Waals surface area contributed by atoms with Gasteiger partial charge in [-0.25, -0.2) is 10.5 Å². The molecular formula is C10H24NPS. The van der Waals surface area contributed by atoms with E-state index in [2.05, 4.69) is 38.2 Å². The highest BCUT2D eigenvalue weighted by Gasteiger charge is 2.26. The van der Waals surface area contributed by atoms with Crippen molar-refractivity contribution < 1.29 is 0 Å². The van der Waals surface area contributed by atoms with Gasteiger partial charge in [0, 0.05) is 18.6 Å². The molecule has 0 atom stereocenters. The van der Waals surface area contributed by atoms with Gasteiger partial charge in [0.05, 0.1) is 0 Å². The molecule has 1 aliphatic rings. The van der Waals surface area contributed by atoms with Gasteiger partial charge in [-0.3, -0.25) is 4.90 Å². The molecule has 1 saturated heterocycles. The molecule has 0 unspecified atom stereocenters. The maximum absolute atomic E-state index is 2.64. The third-order valence-electron chi connectivity index (χ3n) is 2.77. The van der Waals surface area contributed by atoms with E-state index in [0.29, 0.717) is 23.2 Å². The Morgan fingerprint density at radius 2 is 1.54 bits per heavy atom. The van der Waals surface area contributed by atoms with Crippen LogP contribution in [0, 0.1) is 0 Å². The van der Waals surface area contributed by atoms with E-state index in [1.807, 2.05) is 0 Å². The fourth-order valence-corrected chi connectivity index (χ4v) is 6.67. The van der Waals surface area contributed by atoms with Crippen LogP contribution in [-0.2, 0) is 0 Å². The first-order valence-electron chi connectivity index (χ1n) is 5.08. The Morgan fingerprint density at radius 3 is 1.85 bits per heavy atom. The summed E-state index contributed by atoms with van der Waals surface area (Å²) in [5.41, 5.74) is 0.395. The predicted octanol–water partition coefficient (Wildman–Crippen LogP) is 2.76. The van der Waals surface area contributed by atoms with Gasteiger partial charge in [0.15, 0.2) is 0 Å². The van der Waals surface area contributed by atoms with Gasteiger partial charge in [-0.05, 0) is 45.6 Å². The maximum Gasteiger partial charge on any atom is 0.0125 e. The van der Waals surface area contributed by atoms with E-state index in [9.17, 15) is 0 Å². The van der Waals surface area contributed by atoms with Gasteiger partial charge in [0.25, 0.3) is 0 Å². The Morgan fingerprint density at radius 1 is 1.08 bits per heavy atom. The molecule has 0 saturated carbocycles. The van der Waals surface area contributed by atoms with Crippen LogP contribution >= 0.6 is 17.6 Å². The molecular weight excluding hydrogens is 197 g/mol. The number of rotatable bonds is 1. The summed E-state index contributed by atoms with van der Waals surface area (Å²) in [6.45, 7) is 9.69. The number of thiol groups is 1. The molecule has 0 bridgehead atoms. The molecule has 1 rings (SSSR count). The predicted molar refractivity (Wildman–Crippen MR) is 68.8 cm³/mol. The topological polar surface area (TPSA) is 3.24 Å². The molecule has 1 fully saturated rings. The Hall–Kier alpha value is 0.740. The van der Waals surface area contributed by atoms with Crippen molar-refractivity contribution in [3.8, 4) is 0 Å². The van der Waals surface area contributed by atoms with Gasteiger partial charge < -0.3 is 0 Å². The normalized spacial score (nSPS) is 23.3. The lowest BCUT2D eigenvalue weighted by atomic mass is 10.1. The average Bonchev–Trinajstić information content (AvgIpc) is 2.03. The van der Waals surface area contributed by atoms with Crippen molar-refractivity contribution >= 4 is 17.6 Å². The van der Waals surface area contributed by atoms with Crippen molar-refractivity contribution in [1.29, 1.82) is 0 Å². The second-order valence-corrected chi connectivity index (χ2v) is 12.7. The molecule has 0 radical (unpaired) electrons. The van der Waals surface area contributed by atoms with Crippen molar-refractivity contribution in [2.45, 2.75) is 26.3 Å². The van der Waals surface area contributed by atoms with E-state index < -0.39 is 0 Å². The Kier molecular flexibility index (Phi) is 4.09. The lowest BCUT2D eigenvalue weighted by Crippen LogP contribution is -2.46. The van der Waals surface area contributed by atoms with Gasteiger partial charge >= 0.3 is 0 Å². The highest BCUT2D eigenvalue weighted by Crippen LogP contribution is 2.58. The molecule has 0 N–H and O–H groups in total. The van der Waals surface area contributed by atoms with Crippen LogP contribution < -0.4 is 0 Å². The molecule has 1 aliphatic heterocycles. The molecule has 3 heteroatoms. The summed E-state index contributed by atoms with van der Waals surface area (Å²) >= 11 is 0. The summed E-state index contributed by atoms with van der Waals surface area (Å²) in [5.74, 6) is 0. The smallest absolute Gasteiger partial charge is 0.0125 e. The quantitative estimate of drug-likeness (QED) is 0.526. The molecule has 80 valence electrons. The number of hydrogen-bond acceptors (Lipinski definition) is 1. The van der Waals surface area contributed by atoms with E-state index in [0.717, 1.165) is 0 Å². The van der Waals surface area contributed by atoms with E-state index in [4.69, 9.17) is 0 Å². The van der Waals surface area contributed by atoms with Crippen LogP contribution in [0.4, 0.5) is 0 Å². The minimum Gasteiger partial charge on any atom is -0.298 e. The molecule has 1 heterocycles. The lowest BCUT2D eigenvalue weighted by molar-refractivity contribution is 0.152. The molecule has 0 aromatic rings. The lowest BCUT2D eigenvalue weighted by Gasteiger charge is -2.42. The largest absolute Gasteiger partial charge is 0.298 e. The van der Waals surface area contributed by atoms with Gasteiger partial charge in [0.2, 0.25) is 0 Å². The first kappa shape index (κ1) is 11.8. The molecule has 0 aromatic carbocycles. The van der Waals surface area contributed by atoms with Crippen molar-refractivity contribution in [2.24, 2.45) is 0 Å². The second kappa shape index (κ2) is 4.51. The van der Waals surface area contributed by atoms with Crippen LogP contribution in [0.5, 0.6) is 0 Å². The SMILES string of the molecule is C[SH](C)P1CCN(C(C)(C)C)CC1. The summed E-state index contributed by atoms with van der Waals surface area (Å²) in [6.07, 6.45) is 7.89. The fraction of sp³-hybridized carbons (Fsp3) is 1.00.